The molecule has 29 heavy (non-hydrogen) atoms. The molecule has 0 aliphatic rings. The smallest absolute Gasteiger partial charge is 0.263 e. The highest BCUT2D eigenvalue weighted by Gasteiger charge is 2.31. The lowest BCUT2D eigenvalue weighted by atomic mass is 10.0. The number of rotatable bonds is 4. The van der Waals surface area contributed by atoms with Crippen molar-refractivity contribution in [3.05, 3.63) is 75.9 Å². The van der Waals surface area contributed by atoms with Crippen LogP contribution >= 0.6 is 23.2 Å². The Labute approximate surface area is 175 Å². The number of pyridine rings is 1. The first-order valence-electron chi connectivity index (χ1n) is 8.11. The first-order valence-corrected chi connectivity index (χ1v) is 10.3. The van der Waals surface area contributed by atoms with Crippen LogP contribution in [0.5, 0.6) is 0 Å². The Balaban J connectivity index is 1.93. The van der Waals surface area contributed by atoms with Gasteiger partial charge in [-0.25, -0.2) is 13.4 Å². The van der Waals surface area contributed by atoms with E-state index in [1.54, 1.807) is 31.2 Å². The molecule has 0 unspecified atom stereocenters. The molecule has 1 heterocycles. The second-order valence-electron chi connectivity index (χ2n) is 6.06. The minimum Gasteiger partial charge on any atom is -0.263 e. The van der Waals surface area contributed by atoms with E-state index in [4.69, 9.17) is 23.2 Å². The molecule has 2 aromatic carbocycles. The number of hydrogen-bond acceptors (Lipinski definition) is 3. The summed E-state index contributed by atoms with van der Waals surface area (Å²) >= 11 is 12.2. The summed E-state index contributed by atoms with van der Waals surface area (Å²) in [6.45, 7) is 1.65. The lowest BCUT2D eigenvalue weighted by molar-refractivity contribution is -0.137. The third kappa shape index (κ3) is 4.66. The normalized spacial score (nSPS) is 12.1. The molecule has 3 aromatic rings. The zero-order chi connectivity index (χ0) is 21.4. The van der Waals surface area contributed by atoms with Gasteiger partial charge in [0.2, 0.25) is 0 Å². The van der Waals surface area contributed by atoms with E-state index in [2.05, 4.69) is 9.71 Å². The summed E-state index contributed by atoms with van der Waals surface area (Å²) in [5.41, 5.74) is 0.657. The molecule has 0 aliphatic heterocycles. The lowest BCUT2D eigenvalue weighted by Crippen LogP contribution is -2.15. The summed E-state index contributed by atoms with van der Waals surface area (Å²) in [6.07, 6.45) is -4.65. The quantitative estimate of drug-likeness (QED) is 0.505. The number of nitrogens with one attached hydrogen (secondary N) is 1. The summed E-state index contributed by atoms with van der Waals surface area (Å²) in [6, 6.07) is 11.5. The Morgan fingerprint density at radius 2 is 1.66 bits per heavy atom. The molecule has 4 nitrogen and oxygen atoms in total. The highest BCUT2D eigenvalue weighted by molar-refractivity contribution is 7.92. The number of aryl methyl sites for hydroxylation is 1. The molecule has 0 atom stereocenters. The SMILES string of the molecule is Cc1nc(NS(=O)(=O)c2cccc(C(F)(F)F)c2)ccc1-c1cccc(Cl)c1Cl. The van der Waals surface area contributed by atoms with Gasteiger partial charge in [-0.05, 0) is 43.3 Å². The van der Waals surface area contributed by atoms with Crippen LogP contribution in [-0.4, -0.2) is 13.4 Å². The van der Waals surface area contributed by atoms with Crippen molar-refractivity contribution in [1.29, 1.82) is 0 Å². The molecule has 0 bridgehead atoms. The van der Waals surface area contributed by atoms with Crippen LogP contribution < -0.4 is 4.72 Å². The van der Waals surface area contributed by atoms with Crippen molar-refractivity contribution in [2.24, 2.45) is 0 Å². The predicted molar refractivity (Wildman–Crippen MR) is 107 cm³/mol. The van der Waals surface area contributed by atoms with Crippen molar-refractivity contribution < 1.29 is 21.6 Å². The van der Waals surface area contributed by atoms with E-state index in [-0.39, 0.29) is 5.82 Å². The molecule has 3 rings (SSSR count). The number of halogens is 5. The van der Waals surface area contributed by atoms with E-state index in [1.807, 2.05) is 0 Å². The number of hydrogen-bond donors (Lipinski definition) is 1. The molecule has 0 spiro atoms. The van der Waals surface area contributed by atoms with Crippen molar-refractivity contribution in [3.63, 3.8) is 0 Å². The maximum absolute atomic E-state index is 12.9. The average Bonchev–Trinajstić information content (AvgIpc) is 2.64. The molecule has 1 aromatic heterocycles. The van der Waals surface area contributed by atoms with E-state index < -0.39 is 26.7 Å². The van der Waals surface area contributed by atoms with E-state index in [9.17, 15) is 21.6 Å². The minimum atomic E-state index is -4.65. The van der Waals surface area contributed by atoms with E-state index in [0.717, 1.165) is 18.2 Å². The van der Waals surface area contributed by atoms with Gasteiger partial charge >= 0.3 is 6.18 Å². The predicted octanol–water partition coefficient (Wildman–Crippen LogP) is 6.18. The third-order valence-electron chi connectivity index (χ3n) is 4.04. The molecule has 1 N–H and O–H groups in total. The first-order chi connectivity index (χ1) is 13.5. The molecular weight excluding hydrogens is 448 g/mol. The summed E-state index contributed by atoms with van der Waals surface area (Å²) in [7, 11) is -4.26. The number of nitrogens with zero attached hydrogens (tertiary/aromatic N) is 1. The summed E-state index contributed by atoms with van der Waals surface area (Å²) in [5.74, 6) is -0.0400. The molecule has 10 heteroatoms. The van der Waals surface area contributed by atoms with Crippen molar-refractivity contribution in [2.45, 2.75) is 18.0 Å². The molecule has 0 aliphatic carbocycles. The summed E-state index contributed by atoms with van der Waals surface area (Å²) < 4.78 is 65.7. The molecule has 0 saturated carbocycles. The fourth-order valence-corrected chi connectivity index (χ4v) is 4.10. The van der Waals surface area contributed by atoms with Gasteiger partial charge in [0.05, 0.1) is 20.5 Å². The van der Waals surface area contributed by atoms with Crippen LogP contribution in [0, 0.1) is 6.92 Å². The second kappa shape index (κ2) is 7.85. The van der Waals surface area contributed by atoms with Crippen molar-refractivity contribution in [2.75, 3.05) is 4.72 Å². The fraction of sp³-hybridized carbons (Fsp3) is 0.105. The Morgan fingerprint density at radius 1 is 0.966 bits per heavy atom. The zero-order valence-electron chi connectivity index (χ0n) is 14.8. The van der Waals surface area contributed by atoms with Crippen LogP contribution in [0.4, 0.5) is 19.0 Å². The van der Waals surface area contributed by atoms with E-state index in [0.29, 0.717) is 32.9 Å². The Morgan fingerprint density at radius 3 is 2.31 bits per heavy atom. The molecule has 0 saturated heterocycles. The zero-order valence-corrected chi connectivity index (χ0v) is 17.1. The summed E-state index contributed by atoms with van der Waals surface area (Å²) in [4.78, 5) is 3.67. The van der Waals surface area contributed by atoms with Crippen molar-refractivity contribution in [1.82, 2.24) is 4.98 Å². The Kier molecular flexibility index (Phi) is 5.80. The monoisotopic (exact) mass is 460 g/mol. The van der Waals surface area contributed by atoms with Crippen LogP contribution in [0.1, 0.15) is 11.3 Å². The molecular formula is C19H13Cl2F3N2O2S. The highest BCUT2D eigenvalue weighted by atomic mass is 35.5. The Bertz CT molecular complexity index is 1180. The maximum atomic E-state index is 12.9. The standard InChI is InChI=1S/C19H13Cl2F3N2O2S/c1-11-14(15-6-3-7-16(20)18(15)21)8-9-17(25-11)26-29(27,28)13-5-2-4-12(10-13)19(22,23)24/h2-10H,1H3,(H,25,26). The number of alkyl halides is 3. The lowest BCUT2D eigenvalue weighted by Gasteiger charge is -2.13. The van der Waals surface area contributed by atoms with Crippen LogP contribution in [0.2, 0.25) is 10.0 Å². The van der Waals surface area contributed by atoms with Gasteiger partial charge in [-0.2, -0.15) is 13.2 Å². The van der Waals surface area contributed by atoms with Gasteiger partial charge in [-0.3, -0.25) is 4.72 Å². The second-order valence-corrected chi connectivity index (χ2v) is 8.53. The molecule has 0 radical (unpaired) electrons. The third-order valence-corrected chi connectivity index (χ3v) is 6.21. The highest BCUT2D eigenvalue weighted by Crippen LogP contribution is 2.35. The first kappa shape index (κ1) is 21.4. The minimum absolute atomic E-state index is 0.0400. The van der Waals surface area contributed by atoms with Gasteiger partial charge in [0.1, 0.15) is 5.82 Å². The average molecular weight is 461 g/mol. The van der Waals surface area contributed by atoms with Crippen molar-refractivity contribution >= 4 is 39.0 Å². The van der Waals surface area contributed by atoms with Crippen LogP contribution in [0.25, 0.3) is 11.1 Å². The van der Waals surface area contributed by atoms with E-state index >= 15 is 0 Å². The van der Waals surface area contributed by atoms with Gasteiger partial charge in [0, 0.05) is 16.8 Å². The molecule has 0 amide bonds. The largest absolute Gasteiger partial charge is 0.416 e. The number of anilines is 1. The van der Waals surface area contributed by atoms with Crippen LogP contribution in [0.3, 0.4) is 0 Å². The van der Waals surface area contributed by atoms with Gasteiger partial charge in [-0.1, -0.05) is 41.4 Å². The molecule has 0 fully saturated rings. The van der Waals surface area contributed by atoms with Gasteiger partial charge in [-0.15, -0.1) is 0 Å². The number of aromatic nitrogens is 1. The summed E-state index contributed by atoms with van der Waals surface area (Å²) in [5, 5.41) is 0.689. The van der Waals surface area contributed by atoms with Gasteiger partial charge < -0.3 is 0 Å². The Hall–Kier alpha value is -2.29. The number of benzene rings is 2. The maximum Gasteiger partial charge on any atom is 0.416 e. The van der Waals surface area contributed by atoms with Gasteiger partial charge in [0.25, 0.3) is 10.0 Å². The fourth-order valence-electron chi connectivity index (χ4n) is 2.65. The topological polar surface area (TPSA) is 59.1 Å². The van der Waals surface area contributed by atoms with Crippen LogP contribution in [0.15, 0.2) is 59.5 Å². The van der Waals surface area contributed by atoms with Gasteiger partial charge in [0.15, 0.2) is 0 Å². The van der Waals surface area contributed by atoms with E-state index in [1.165, 1.54) is 6.07 Å². The van der Waals surface area contributed by atoms with Crippen LogP contribution in [-0.2, 0) is 16.2 Å². The van der Waals surface area contributed by atoms with Crippen molar-refractivity contribution in [3.8, 4) is 11.1 Å². The number of sulfonamides is 1. The molecule has 152 valence electrons.